The van der Waals surface area contributed by atoms with Crippen LogP contribution in [0, 0.1) is 13.8 Å². The van der Waals surface area contributed by atoms with Crippen molar-refractivity contribution in [3.05, 3.63) is 65.3 Å². The maximum absolute atomic E-state index is 8.29. The molecule has 0 saturated carbocycles. The average molecular weight is 282 g/mol. The Hall–Kier alpha value is -2.15. The molecule has 0 aliphatic heterocycles. The van der Waals surface area contributed by atoms with E-state index in [1.54, 1.807) is 30.7 Å². The topological polar surface area (TPSA) is 3.88 Å². The van der Waals surface area contributed by atoms with Crippen LogP contribution in [0.2, 0.25) is 0 Å². The number of aromatic nitrogens is 1. The highest BCUT2D eigenvalue weighted by Gasteiger charge is 2.18. The highest BCUT2D eigenvalue weighted by atomic mass is 14.9. The Bertz CT molecular complexity index is 1030. The second-order valence-electron chi connectivity index (χ2n) is 5.21. The summed E-state index contributed by atoms with van der Waals surface area (Å²) >= 11 is 0. The zero-order valence-corrected chi connectivity index (χ0v) is 12.5. The molecule has 0 aliphatic carbocycles. The van der Waals surface area contributed by atoms with Gasteiger partial charge in [0.2, 0.25) is 5.69 Å². The van der Waals surface area contributed by atoms with Crippen LogP contribution in [0.1, 0.15) is 31.8 Å². The zero-order chi connectivity index (χ0) is 20.1. The predicted octanol–water partition coefficient (Wildman–Crippen LogP) is 4.51. The van der Waals surface area contributed by atoms with Crippen molar-refractivity contribution in [3.8, 4) is 11.3 Å². The SMILES string of the molecule is [2H]c1cc2ccccc2c(-c2cc(C([2H])([2H])[2H])cc(C([2H])([2H])C)c2C)[n+]1C. The van der Waals surface area contributed by atoms with Crippen LogP contribution >= 0.6 is 0 Å². The summed E-state index contributed by atoms with van der Waals surface area (Å²) in [7, 11) is 1.77. The Balaban J connectivity index is 2.49. The average Bonchev–Trinajstić information content (AvgIpc) is 2.55. The van der Waals surface area contributed by atoms with Crippen LogP contribution in [-0.2, 0) is 13.4 Å². The largest absolute Gasteiger partial charge is 0.220 e. The lowest BCUT2D eigenvalue weighted by Gasteiger charge is -2.12. The van der Waals surface area contributed by atoms with E-state index in [0.29, 0.717) is 28.6 Å². The minimum absolute atomic E-state index is 0.100. The van der Waals surface area contributed by atoms with Gasteiger partial charge in [-0.2, -0.15) is 0 Å². The van der Waals surface area contributed by atoms with Crippen LogP contribution in [0.4, 0.5) is 0 Å². The van der Waals surface area contributed by atoms with E-state index < -0.39 is 13.2 Å². The normalized spacial score (nSPS) is 16.5. The molecular weight excluding hydrogens is 254 g/mol. The number of fused-ring (bicyclic) bond motifs is 1. The summed E-state index contributed by atoms with van der Waals surface area (Å²) in [6.07, 6.45) is -1.39. The number of nitrogens with zero attached hydrogens (tertiary/aromatic N) is 1. The summed E-state index contributed by atoms with van der Waals surface area (Å²) in [4.78, 5) is 0. The fraction of sp³-hybridized carbons (Fsp3) is 0.250. The lowest BCUT2D eigenvalue weighted by molar-refractivity contribution is -0.659. The molecule has 0 amide bonds. The van der Waals surface area contributed by atoms with E-state index in [1.807, 2.05) is 24.3 Å². The summed E-state index contributed by atoms with van der Waals surface area (Å²) in [6.45, 7) is 0.886. The Morgan fingerprint density at radius 1 is 1.24 bits per heavy atom. The second kappa shape index (κ2) is 5.33. The van der Waals surface area contributed by atoms with Crippen LogP contribution in [0.3, 0.4) is 0 Å². The highest BCUT2D eigenvalue weighted by Crippen LogP contribution is 2.30. The van der Waals surface area contributed by atoms with Gasteiger partial charge in [-0.05, 0) is 54.4 Å². The van der Waals surface area contributed by atoms with E-state index in [9.17, 15) is 0 Å². The smallest absolute Gasteiger partial charge is 0.200 e. The summed E-state index contributed by atoms with van der Waals surface area (Å²) in [5.74, 6) is 0. The maximum Gasteiger partial charge on any atom is 0.220 e. The molecule has 0 saturated heterocycles. The number of benzene rings is 2. The summed E-state index contributed by atoms with van der Waals surface area (Å²) < 4.78 is 49.8. The Kier molecular flexibility index (Phi) is 2.11. The van der Waals surface area contributed by atoms with Gasteiger partial charge in [0.05, 0.1) is 10.9 Å². The highest BCUT2D eigenvalue weighted by molar-refractivity contribution is 5.93. The molecule has 3 rings (SSSR count). The van der Waals surface area contributed by atoms with Crippen molar-refractivity contribution in [2.24, 2.45) is 7.05 Å². The molecule has 21 heavy (non-hydrogen) atoms. The third kappa shape index (κ3) is 2.33. The molecule has 1 nitrogen and oxygen atoms in total. The van der Waals surface area contributed by atoms with Gasteiger partial charge in [-0.25, -0.2) is 4.57 Å². The second-order valence-corrected chi connectivity index (χ2v) is 5.21. The Labute approximate surface area is 135 Å². The molecule has 106 valence electrons. The molecule has 0 radical (unpaired) electrons. The van der Waals surface area contributed by atoms with Gasteiger partial charge in [0.25, 0.3) is 0 Å². The summed E-state index contributed by atoms with van der Waals surface area (Å²) in [5.41, 5.74) is 2.49. The van der Waals surface area contributed by atoms with Gasteiger partial charge in [-0.15, -0.1) is 0 Å². The number of hydrogen-bond donors (Lipinski definition) is 0. The van der Waals surface area contributed by atoms with Crippen molar-refractivity contribution >= 4 is 10.8 Å². The minimum atomic E-state index is -2.35. The van der Waals surface area contributed by atoms with Crippen molar-refractivity contribution < 1.29 is 12.8 Å². The molecule has 0 bridgehead atoms. The van der Waals surface area contributed by atoms with Gasteiger partial charge >= 0.3 is 0 Å². The maximum atomic E-state index is 8.29. The molecule has 0 unspecified atom stereocenters. The quantitative estimate of drug-likeness (QED) is 0.609. The van der Waals surface area contributed by atoms with E-state index in [-0.39, 0.29) is 5.56 Å². The first-order valence-corrected chi connectivity index (χ1v) is 6.95. The molecule has 3 aromatic rings. The summed E-state index contributed by atoms with van der Waals surface area (Å²) in [5, 5.41) is 1.78. The lowest BCUT2D eigenvalue weighted by atomic mass is 9.93. The standard InChI is InChI=1S/C20H22N/c1-5-16-12-14(2)13-19(15(16)3)20-18-9-7-6-8-17(18)10-11-21(20)4/h6-13H,5H2,1-4H3/q+1/i2D3,5D2,11D. The van der Waals surface area contributed by atoms with E-state index in [1.165, 1.54) is 13.0 Å². The monoisotopic (exact) mass is 282 g/mol. The molecule has 1 heteroatoms. The van der Waals surface area contributed by atoms with Crippen LogP contribution in [0.15, 0.2) is 48.6 Å². The van der Waals surface area contributed by atoms with Crippen molar-refractivity contribution in [2.75, 3.05) is 0 Å². The number of pyridine rings is 1. The molecular formula is C20H22N+. The van der Waals surface area contributed by atoms with E-state index in [2.05, 4.69) is 0 Å². The summed E-state index contributed by atoms with van der Waals surface area (Å²) in [6, 6.07) is 12.5. The van der Waals surface area contributed by atoms with Crippen LogP contribution in [0.5, 0.6) is 0 Å². The molecule has 1 heterocycles. The van der Waals surface area contributed by atoms with E-state index in [0.717, 1.165) is 10.8 Å². The first-order valence-electron chi connectivity index (χ1n) is 9.95. The van der Waals surface area contributed by atoms with Crippen molar-refractivity contribution in [2.45, 2.75) is 27.1 Å². The van der Waals surface area contributed by atoms with Crippen LogP contribution < -0.4 is 4.57 Å². The molecule has 0 atom stereocenters. The molecule has 0 N–H and O–H groups in total. The molecule has 1 aromatic heterocycles. The van der Waals surface area contributed by atoms with E-state index in [4.69, 9.17) is 8.22 Å². The van der Waals surface area contributed by atoms with Crippen molar-refractivity contribution in [1.29, 1.82) is 0 Å². The zero-order valence-electron chi connectivity index (χ0n) is 18.5. The Morgan fingerprint density at radius 2 is 2.05 bits per heavy atom. The minimum Gasteiger partial charge on any atom is -0.200 e. The molecule has 0 spiro atoms. The Morgan fingerprint density at radius 3 is 2.81 bits per heavy atom. The molecule has 0 aliphatic rings. The third-order valence-corrected chi connectivity index (χ3v) is 3.90. The number of aryl methyl sites for hydroxylation is 2. The fourth-order valence-corrected chi connectivity index (χ4v) is 2.80. The lowest BCUT2D eigenvalue weighted by Crippen LogP contribution is -2.30. The fourth-order valence-electron chi connectivity index (χ4n) is 2.80. The van der Waals surface area contributed by atoms with Crippen LogP contribution in [-0.4, -0.2) is 0 Å². The predicted molar refractivity (Wildman–Crippen MR) is 89.4 cm³/mol. The first kappa shape index (κ1) is 8.33. The first-order chi connectivity index (χ1) is 12.4. The van der Waals surface area contributed by atoms with Gasteiger partial charge in [-0.3, -0.25) is 0 Å². The van der Waals surface area contributed by atoms with Gasteiger partial charge < -0.3 is 0 Å². The van der Waals surface area contributed by atoms with Crippen molar-refractivity contribution in [1.82, 2.24) is 0 Å². The van der Waals surface area contributed by atoms with Gasteiger partial charge in [-0.1, -0.05) is 31.2 Å². The third-order valence-electron chi connectivity index (χ3n) is 3.90. The van der Waals surface area contributed by atoms with Crippen molar-refractivity contribution in [3.63, 3.8) is 0 Å². The van der Waals surface area contributed by atoms with Crippen LogP contribution in [0.25, 0.3) is 22.0 Å². The molecule has 0 fully saturated rings. The number of rotatable bonds is 2. The van der Waals surface area contributed by atoms with E-state index >= 15 is 0 Å². The number of hydrogen-bond acceptors (Lipinski definition) is 0. The molecule has 2 aromatic carbocycles. The van der Waals surface area contributed by atoms with Gasteiger partial charge in [0.15, 0.2) is 6.17 Å². The van der Waals surface area contributed by atoms with Gasteiger partial charge in [0, 0.05) is 12.9 Å². The van der Waals surface area contributed by atoms with Gasteiger partial charge in [0.1, 0.15) is 8.42 Å².